The van der Waals surface area contributed by atoms with Crippen molar-refractivity contribution in [3.63, 3.8) is 0 Å². The summed E-state index contributed by atoms with van der Waals surface area (Å²) in [6, 6.07) is 17.3. The molecule has 0 aliphatic carbocycles. The topological polar surface area (TPSA) is 57.7 Å². The van der Waals surface area contributed by atoms with Gasteiger partial charge in [-0.2, -0.15) is 4.31 Å². The summed E-state index contributed by atoms with van der Waals surface area (Å²) in [5.74, 6) is -0.199. The maximum Gasteiger partial charge on any atom is 0.238 e. The van der Waals surface area contributed by atoms with Gasteiger partial charge in [-0.1, -0.05) is 54.6 Å². The molecule has 26 heavy (non-hydrogen) atoms. The summed E-state index contributed by atoms with van der Waals surface area (Å²) >= 11 is 0. The first-order valence-electron chi connectivity index (χ1n) is 8.62. The van der Waals surface area contributed by atoms with E-state index in [2.05, 4.69) is 0 Å². The van der Waals surface area contributed by atoms with E-state index in [1.807, 2.05) is 68.4 Å². The molecule has 0 aliphatic rings. The van der Waals surface area contributed by atoms with Crippen LogP contribution < -0.4 is 0 Å². The minimum atomic E-state index is -3.50. The molecule has 0 aliphatic heterocycles. The number of sulfonamides is 1. The van der Waals surface area contributed by atoms with Crippen molar-refractivity contribution in [3.05, 3.63) is 71.3 Å². The highest BCUT2D eigenvalue weighted by Crippen LogP contribution is 2.14. The van der Waals surface area contributed by atoms with Gasteiger partial charge in [0.1, 0.15) is 0 Å². The van der Waals surface area contributed by atoms with E-state index in [9.17, 15) is 13.2 Å². The normalized spacial score (nSPS) is 11.5. The summed E-state index contributed by atoms with van der Waals surface area (Å²) in [5, 5.41) is 0. The lowest BCUT2D eigenvalue weighted by atomic mass is 10.1. The fourth-order valence-corrected chi connectivity index (χ4v) is 3.42. The van der Waals surface area contributed by atoms with E-state index in [1.54, 1.807) is 4.90 Å². The molecule has 0 unspecified atom stereocenters. The van der Waals surface area contributed by atoms with Crippen molar-refractivity contribution in [2.45, 2.75) is 26.9 Å². The fraction of sp³-hybridized carbons (Fsp3) is 0.350. The molecule has 2 aromatic carbocycles. The van der Waals surface area contributed by atoms with Gasteiger partial charge in [-0.05, 0) is 30.5 Å². The van der Waals surface area contributed by atoms with Gasteiger partial charge in [0, 0.05) is 19.6 Å². The third-order valence-electron chi connectivity index (χ3n) is 4.34. The van der Waals surface area contributed by atoms with Gasteiger partial charge in [0.15, 0.2) is 0 Å². The lowest BCUT2D eigenvalue weighted by Crippen LogP contribution is -2.42. The minimum absolute atomic E-state index is 0.159. The Hall–Kier alpha value is -2.18. The van der Waals surface area contributed by atoms with Crippen LogP contribution in [0.2, 0.25) is 0 Å². The molecule has 0 saturated carbocycles. The van der Waals surface area contributed by atoms with Crippen LogP contribution in [0.1, 0.15) is 23.6 Å². The van der Waals surface area contributed by atoms with E-state index < -0.39 is 10.0 Å². The van der Waals surface area contributed by atoms with Gasteiger partial charge < -0.3 is 4.90 Å². The molecule has 0 bridgehead atoms. The second-order valence-corrected chi connectivity index (χ2v) is 8.33. The monoisotopic (exact) mass is 374 g/mol. The third-order valence-corrected chi connectivity index (χ3v) is 5.54. The number of hydrogen-bond donors (Lipinski definition) is 0. The first-order chi connectivity index (χ1) is 12.3. The van der Waals surface area contributed by atoms with Gasteiger partial charge in [0.05, 0.1) is 12.8 Å². The number of benzene rings is 2. The zero-order valence-corrected chi connectivity index (χ0v) is 16.4. The quantitative estimate of drug-likeness (QED) is 0.714. The highest BCUT2D eigenvalue weighted by atomic mass is 32.2. The predicted octanol–water partition coefficient (Wildman–Crippen LogP) is 2.81. The molecular formula is C20H26N2O3S. The Bertz CT molecular complexity index is 835. The number of amides is 1. The lowest BCUT2D eigenvalue weighted by Gasteiger charge is -2.26. The van der Waals surface area contributed by atoms with Gasteiger partial charge in [-0.25, -0.2) is 8.42 Å². The minimum Gasteiger partial charge on any atom is -0.338 e. The molecule has 0 fully saturated rings. The Labute approximate surface area is 156 Å². The molecule has 0 atom stereocenters. The molecule has 1 amide bonds. The van der Waals surface area contributed by atoms with Crippen molar-refractivity contribution < 1.29 is 13.2 Å². The van der Waals surface area contributed by atoms with Gasteiger partial charge in [0.2, 0.25) is 15.9 Å². The first kappa shape index (κ1) is 20.1. The fourth-order valence-electron chi connectivity index (χ4n) is 2.70. The standard InChI is InChI=1S/C20H26N2O3S/c1-4-21(14-18-11-6-5-7-12-18)20(23)16-22(26(3,24)25)15-19-13-9-8-10-17(19)2/h5-13H,4,14-16H2,1-3H3. The smallest absolute Gasteiger partial charge is 0.238 e. The highest BCUT2D eigenvalue weighted by Gasteiger charge is 2.23. The second kappa shape index (κ2) is 8.96. The van der Waals surface area contributed by atoms with Crippen molar-refractivity contribution in [2.24, 2.45) is 0 Å². The van der Waals surface area contributed by atoms with Crippen LogP contribution in [0.4, 0.5) is 0 Å². The number of hydrogen-bond acceptors (Lipinski definition) is 3. The molecule has 0 radical (unpaired) electrons. The van der Waals surface area contributed by atoms with Crippen LogP contribution in [0.3, 0.4) is 0 Å². The van der Waals surface area contributed by atoms with Gasteiger partial charge in [-0.15, -0.1) is 0 Å². The Morgan fingerprint density at radius 2 is 1.58 bits per heavy atom. The highest BCUT2D eigenvalue weighted by molar-refractivity contribution is 7.88. The summed E-state index contributed by atoms with van der Waals surface area (Å²) < 4.78 is 25.7. The zero-order valence-electron chi connectivity index (χ0n) is 15.6. The summed E-state index contributed by atoms with van der Waals surface area (Å²) in [6.07, 6.45) is 1.14. The van der Waals surface area contributed by atoms with E-state index in [0.717, 1.165) is 22.9 Å². The summed E-state index contributed by atoms with van der Waals surface area (Å²) in [5.41, 5.74) is 2.93. The van der Waals surface area contributed by atoms with Crippen molar-refractivity contribution in [1.82, 2.24) is 9.21 Å². The number of nitrogens with zero attached hydrogens (tertiary/aromatic N) is 2. The average molecular weight is 375 g/mol. The lowest BCUT2D eigenvalue weighted by molar-refractivity contribution is -0.131. The van der Waals surface area contributed by atoms with Crippen LogP contribution in [0.25, 0.3) is 0 Å². The molecule has 5 nitrogen and oxygen atoms in total. The molecule has 0 aromatic heterocycles. The molecule has 0 N–H and O–H groups in total. The van der Waals surface area contributed by atoms with Crippen LogP contribution >= 0.6 is 0 Å². The molecule has 0 spiro atoms. The Kier molecular flexibility index (Phi) is 6.94. The van der Waals surface area contributed by atoms with Crippen molar-refractivity contribution >= 4 is 15.9 Å². The van der Waals surface area contributed by atoms with E-state index in [1.165, 1.54) is 4.31 Å². The predicted molar refractivity (Wildman–Crippen MR) is 104 cm³/mol. The maximum atomic E-state index is 12.7. The molecule has 0 heterocycles. The molecule has 0 saturated heterocycles. The van der Waals surface area contributed by atoms with Crippen molar-refractivity contribution in [3.8, 4) is 0 Å². The summed E-state index contributed by atoms with van der Waals surface area (Å²) in [7, 11) is -3.50. The largest absolute Gasteiger partial charge is 0.338 e. The van der Waals surface area contributed by atoms with Gasteiger partial charge in [-0.3, -0.25) is 4.79 Å². The van der Waals surface area contributed by atoms with E-state index in [4.69, 9.17) is 0 Å². The van der Waals surface area contributed by atoms with Gasteiger partial charge >= 0.3 is 0 Å². The molecule has 2 rings (SSSR count). The van der Waals surface area contributed by atoms with Crippen LogP contribution in [0.15, 0.2) is 54.6 Å². The third kappa shape index (κ3) is 5.68. The number of likely N-dealkylation sites (N-methyl/N-ethyl adjacent to an activating group) is 1. The number of aryl methyl sites for hydroxylation is 1. The number of carbonyl (C=O) groups excluding carboxylic acids is 1. The first-order valence-corrected chi connectivity index (χ1v) is 10.5. The van der Waals surface area contributed by atoms with Crippen LogP contribution in [0, 0.1) is 6.92 Å². The number of rotatable bonds is 8. The summed E-state index contributed by atoms with van der Waals surface area (Å²) in [4.78, 5) is 14.4. The number of carbonyl (C=O) groups is 1. The Balaban J connectivity index is 2.14. The van der Waals surface area contributed by atoms with E-state index in [0.29, 0.717) is 13.1 Å². The Morgan fingerprint density at radius 1 is 0.962 bits per heavy atom. The molecular weight excluding hydrogens is 348 g/mol. The van der Waals surface area contributed by atoms with Crippen molar-refractivity contribution in [1.29, 1.82) is 0 Å². The second-order valence-electron chi connectivity index (χ2n) is 6.35. The van der Waals surface area contributed by atoms with E-state index in [-0.39, 0.29) is 19.0 Å². The summed E-state index contributed by atoms with van der Waals surface area (Å²) in [6.45, 7) is 4.86. The van der Waals surface area contributed by atoms with Crippen LogP contribution in [-0.4, -0.2) is 42.9 Å². The molecule has 2 aromatic rings. The van der Waals surface area contributed by atoms with Crippen LogP contribution in [0.5, 0.6) is 0 Å². The average Bonchev–Trinajstić information content (AvgIpc) is 2.60. The van der Waals surface area contributed by atoms with Crippen molar-refractivity contribution in [2.75, 3.05) is 19.3 Å². The molecule has 6 heteroatoms. The van der Waals surface area contributed by atoms with E-state index >= 15 is 0 Å². The Morgan fingerprint density at radius 3 is 2.15 bits per heavy atom. The zero-order chi connectivity index (χ0) is 19.2. The maximum absolute atomic E-state index is 12.7. The molecule has 140 valence electrons. The SMILES string of the molecule is CCN(Cc1ccccc1)C(=O)CN(Cc1ccccc1C)S(C)(=O)=O. The van der Waals surface area contributed by atoms with Crippen LogP contribution in [-0.2, 0) is 27.9 Å². The van der Waals surface area contributed by atoms with Gasteiger partial charge in [0.25, 0.3) is 0 Å².